The van der Waals surface area contributed by atoms with Crippen LogP contribution >= 0.6 is 11.8 Å². The van der Waals surface area contributed by atoms with Crippen LogP contribution in [0.25, 0.3) is 0 Å². The number of hydrogen-bond donors (Lipinski definition) is 2. The SMILES string of the molecule is CSCCCCCNC(=O)CCCCCCN. The molecule has 1 amide bonds. The smallest absolute Gasteiger partial charge is 0.219 e. The molecule has 0 aromatic heterocycles. The van der Waals surface area contributed by atoms with E-state index in [1.54, 1.807) is 0 Å². The minimum atomic E-state index is 0.211. The van der Waals surface area contributed by atoms with Crippen molar-refractivity contribution in [2.24, 2.45) is 5.73 Å². The van der Waals surface area contributed by atoms with Crippen LogP contribution < -0.4 is 11.1 Å². The van der Waals surface area contributed by atoms with Crippen molar-refractivity contribution in [3.8, 4) is 0 Å². The van der Waals surface area contributed by atoms with Gasteiger partial charge in [-0.3, -0.25) is 4.79 Å². The zero-order valence-corrected chi connectivity index (χ0v) is 12.0. The summed E-state index contributed by atoms with van der Waals surface area (Å²) in [5.41, 5.74) is 5.41. The molecule has 102 valence electrons. The molecule has 17 heavy (non-hydrogen) atoms. The first-order valence-electron chi connectivity index (χ1n) is 6.77. The van der Waals surface area contributed by atoms with Gasteiger partial charge < -0.3 is 11.1 Å². The molecule has 3 nitrogen and oxygen atoms in total. The lowest BCUT2D eigenvalue weighted by atomic mass is 10.1. The molecule has 0 aliphatic rings. The van der Waals surface area contributed by atoms with Crippen LogP contribution in [0.15, 0.2) is 0 Å². The molecule has 0 unspecified atom stereocenters. The van der Waals surface area contributed by atoms with Crippen LogP contribution in [0.3, 0.4) is 0 Å². The Morgan fingerprint density at radius 2 is 1.76 bits per heavy atom. The summed E-state index contributed by atoms with van der Waals surface area (Å²) in [4.78, 5) is 11.4. The second kappa shape index (κ2) is 13.8. The van der Waals surface area contributed by atoms with Crippen molar-refractivity contribution in [3.05, 3.63) is 0 Å². The van der Waals surface area contributed by atoms with E-state index >= 15 is 0 Å². The van der Waals surface area contributed by atoms with Gasteiger partial charge in [-0.2, -0.15) is 11.8 Å². The molecule has 0 bridgehead atoms. The lowest BCUT2D eigenvalue weighted by molar-refractivity contribution is -0.121. The van der Waals surface area contributed by atoms with Crippen LogP contribution in [0.2, 0.25) is 0 Å². The molecule has 0 atom stereocenters. The fourth-order valence-corrected chi connectivity index (χ4v) is 2.14. The normalized spacial score (nSPS) is 10.5. The van der Waals surface area contributed by atoms with E-state index in [0.29, 0.717) is 6.42 Å². The quantitative estimate of drug-likeness (QED) is 0.530. The van der Waals surface area contributed by atoms with Gasteiger partial charge in [0.15, 0.2) is 0 Å². The standard InChI is InChI=1S/C13H28N2OS/c1-17-12-8-4-7-11-15-13(16)9-5-2-3-6-10-14/h2-12,14H2,1H3,(H,15,16). The van der Waals surface area contributed by atoms with Gasteiger partial charge >= 0.3 is 0 Å². The number of nitrogens with two attached hydrogens (primary N) is 1. The van der Waals surface area contributed by atoms with Crippen molar-refractivity contribution in [2.75, 3.05) is 25.1 Å². The number of hydrogen-bond acceptors (Lipinski definition) is 3. The van der Waals surface area contributed by atoms with Crippen LogP contribution in [-0.4, -0.2) is 31.0 Å². The molecule has 0 fully saturated rings. The molecular formula is C13H28N2OS. The predicted molar refractivity (Wildman–Crippen MR) is 77.4 cm³/mol. The van der Waals surface area contributed by atoms with Crippen LogP contribution in [0.1, 0.15) is 51.4 Å². The van der Waals surface area contributed by atoms with E-state index in [2.05, 4.69) is 11.6 Å². The second-order valence-electron chi connectivity index (χ2n) is 4.36. The molecule has 0 aliphatic heterocycles. The Labute approximate surface area is 110 Å². The molecule has 0 saturated carbocycles. The first kappa shape index (κ1) is 16.8. The maximum absolute atomic E-state index is 11.4. The maximum atomic E-state index is 11.4. The van der Waals surface area contributed by atoms with E-state index in [9.17, 15) is 4.79 Å². The molecule has 0 aromatic rings. The summed E-state index contributed by atoms with van der Waals surface area (Å²) >= 11 is 1.89. The van der Waals surface area contributed by atoms with Crippen molar-refractivity contribution in [1.29, 1.82) is 0 Å². The van der Waals surface area contributed by atoms with E-state index in [-0.39, 0.29) is 5.91 Å². The molecule has 0 rings (SSSR count). The number of carbonyl (C=O) groups excluding carboxylic acids is 1. The average Bonchev–Trinajstić information content (AvgIpc) is 2.33. The zero-order valence-electron chi connectivity index (χ0n) is 11.2. The molecule has 0 heterocycles. The molecule has 0 radical (unpaired) electrons. The van der Waals surface area contributed by atoms with E-state index in [4.69, 9.17) is 5.73 Å². The topological polar surface area (TPSA) is 55.1 Å². The summed E-state index contributed by atoms with van der Waals surface area (Å²) in [5, 5.41) is 2.98. The molecule has 0 aromatic carbocycles. The van der Waals surface area contributed by atoms with Crippen LogP contribution in [0.5, 0.6) is 0 Å². The van der Waals surface area contributed by atoms with Gasteiger partial charge in [0.1, 0.15) is 0 Å². The third-order valence-corrected chi connectivity index (χ3v) is 3.40. The summed E-state index contributed by atoms with van der Waals surface area (Å²) in [6.07, 6.45) is 10.8. The number of carbonyl (C=O) groups is 1. The summed E-state index contributed by atoms with van der Waals surface area (Å²) in [5.74, 6) is 1.44. The van der Waals surface area contributed by atoms with Crippen molar-refractivity contribution in [3.63, 3.8) is 0 Å². The monoisotopic (exact) mass is 260 g/mol. The minimum absolute atomic E-state index is 0.211. The number of thioether (sulfide) groups is 1. The summed E-state index contributed by atoms with van der Waals surface area (Å²) in [6.45, 7) is 1.61. The summed E-state index contributed by atoms with van der Waals surface area (Å²) in [7, 11) is 0. The van der Waals surface area contributed by atoms with Crippen LogP contribution in [-0.2, 0) is 4.79 Å². The Bertz CT molecular complexity index is 177. The maximum Gasteiger partial charge on any atom is 0.219 e. The van der Waals surface area contributed by atoms with Gasteiger partial charge in [0.05, 0.1) is 0 Å². The van der Waals surface area contributed by atoms with Gasteiger partial charge in [-0.15, -0.1) is 0 Å². The first-order chi connectivity index (χ1) is 8.31. The highest BCUT2D eigenvalue weighted by Crippen LogP contribution is 2.03. The van der Waals surface area contributed by atoms with Crippen molar-refractivity contribution in [2.45, 2.75) is 51.4 Å². The van der Waals surface area contributed by atoms with Crippen molar-refractivity contribution < 1.29 is 4.79 Å². The first-order valence-corrected chi connectivity index (χ1v) is 8.16. The average molecular weight is 260 g/mol. The van der Waals surface area contributed by atoms with Gasteiger partial charge in [-0.25, -0.2) is 0 Å². The Kier molecular flexibility index (Phi) is 13.7. The highest BCUT2D eigenvalue weighted by Gasteiger charge is 1.99. The zero-order chi connectivity index (χ0) is 12.8. The number of rotatable bonds is 12. The van der Waals surface area contributed by atoms with Crippen molar-refractivity contribution in [1.82, 2.24) is 5.32 Å². The molecular weight excluding hydrogens is 232 g/mol. The molecule has 4 heteroatoms. The molecule has 0 spiro atoms. The largest absolute Gasteiger partial charge is 0.356 e. The Hall–Kier alpha value is -0.220. The van der Waals surface area contributed by atoms with Gasteiger partial charge in [0.25, 0.3) is 0 Å². The Morgan fingerprint density at radius 1 is 1.06 bits per heavy atom. The van der Waals surface area contributed by atoms with Gasteiger partial charge in [0.2, 0.25) is 5.91 Å². The second-order valence-corrected chi connectivity index (χ2v) is 5.34. The molecule has 0 saturated heterocycles. The van der Waals surface area contributed by atoms with Gasteiger partial charge in [-0.05, 0) is 44.2 Å². The highest BCUT2D eigenvalue weighted by atomic mass is 32.2. The Balaban J connectivity index is 3.12. The van der Waals surface area contributed by atoms with Gasteiger partial charge in [-0.1, -0.05) is 19.3 Å². The van der Waals surface area contributed by atoms with E-state index in [0.717, 1.165) is 45.2 Å². The van der Waals surface area contributed by atoms with Crippen LogP contribution in [0.4, 0.5) is 0 Å². The third kappa shape index (κ3) is 13.7. The summed E-state index contributed by atoms with van der Waals surface area (Å²) in [6, 6.07) is 0. The molecule has 0 aliphatic carbocycles. The fraction of sp³-hybridized carbons (Fsp3) is 0.923. The minimum Gasteiger partial charge on any atom is -0.356 e. The van der Waals surface area contributed by atoms with E-state index < -0.39 is 0 Å². The third-order valence-electron chi connectivity index (χ3n) is 2.71. The van der Waals surface area contributed by atoms with Crippen molar-refractivity contribution >= 4 is 17.7 Å². The lowest BCUT2D eigenvalue weighted by Gasteiger charge is -2.05. The van der Waals surface area contributed by atoms with Crippen LogP contribution in [0, 0.1) is 0 Å². The summed E-state index contributed by atoms with van der Waals surface area (Å²) < 4.78 is 0. The van der Waals surface area contributed by atoms with Gasteiger partial charge in [0, 0.05) is 13.0 Å². The lowest BCUT2D eigenvalue weighted by Crippen LogP contribution is -2.24. The van der Waals surface area contributed by atoms with E-state index in [1.807, 2.05) is 11.8 Å². The number of unbranched alkanes of at least 4 members (excludes halogenated alkanes) is 5. The highest BCUT2D eigenvalue weighted by molar-refractivity contribution is 7.98. The number of amides is 1. The molecule has 3 N–H and O–H groups in total. The number of nitrogens with one attached hydrogen (secondary N) is 1. The Morgan fingerprint density at radius 3 is 2.47 bits per heavy atom. The van der Waals surface area contributed by atoms with E-state index in [1.165, 1.54) is 18.6 Å². The fourth-order valence-electron chi connectivity index (χ4n) is 1.65. The predicted octanol–water partition coefficient (Wildman–Crippen LogP) is 2.55.